The fraction of sp³-hybridized carbons (Fsp3) is 0.143. The molecule has 0 aliphatic rings. The minimum Gasteiger partial charge on any atom is -0.489 e. The highest BCUT2D eigenvalue weighted by Gasteiger charge is 2.12. The van der Waals surface area contributed by atoms with E-state index in [4.69, 9.17) is 16.3 Å². The van der Waals surface area contributed by atoms with E-state index in [0.717, 1.165) is 11.1 Å². The molecule has 0 saturated heterocycles. The van der Waals surface area contributed by atoms with Crippen molar-refractivity contribution in [2.45, 2.75) is 13.5 Å². The number of hydrogen-bond acceptors (Lipinski definition) is 3. The number of ether oxygens (including phenoxy) is 1. The van der Waals surface area contributed by atoms with E-state index in [0.29, 0.717) is 5.75 Å². The first-order valence-corrected chi connectivity index (χ1v) is 6.17. The second kappa shape index (κ2) is 5.88. The van der Waals surface area contributed by atoms with Gasteiger partial charge in [0.15, 0.2) is 0 Å². The van der Waals surface area contributed by atoms with Gasteiger partial charge >= 0.3 is 0 Å². The molecule has 2 aromatic rings. The van der Waals surface area contributed by atoms with Crippen molar-refractivity contribution in [1.82, 2.24) is 0 Å². The summed E-state index contributed by atoms with van der Waals surface area (Å²) < 4.78 is 18.5. The molecule has 2 rings (SSSR count). The number of nitro benzene ring substituents is 1. The molecular formula is C14H11ClFNO3. The van der Waals surface area contributed by atoms with Crippen molar-refractivity contribution in [2.75, 3.05) is 0 Å². The van der Waals surface area contributed by atoms with E-state index in [1.807, 2.05) is 0 Å². The highest BCUT2D eigenvalue weighted by atomic mass is 35.5. The summed E-state index contributed by atoms with van der Waals surface area (Å²) in [6, 6.07) is 8.56. The van der Waals surface area contributed by atoms with Gasteiger partial charge in [-0.05, 0) is 36.2 Å². The quantitative estimate of drug-likeness (QED) is 0.625. The van der Waals surface area contributed by atoms with E-state index >= 15 is 0 Å². The molecule has 0 N–H and O–H groups in total. The van der Waals surface area contributed by atoms with Gasteiger partial charge in [-0.3, -0.25) is 10.1 Å². The van der Waals surface area contributed by atoms with Crippen molar-refractivity contribution in [3.05, 3.63) is 68.5 Å². The Morgan fingerprint density at radius 3 is 2.65 bits per heavy atom. The number of benzene rings is 2. The number of nitro groups is 1. The van der Waals surface area contributed by atoms with Gasteiger partial charge in [0, 0.05) is 12.1 Å². The molecule has 0 aliphatic carbocycles. The third kappa shape index (κ3) is 3.24. The Morgan fingerprint density at radius 2 is 2.05 bits per heavy atom. The summed E-state index contributed by atoms with van der Waals surface area (Å²) in [5, 5.41) is 10.7. The van der Waals surface area contributed by atoms with Gasteiger partial charge in [-0.15, -0.1) is 0 Å². The maximum atomic E-state index is 13.0. The standard InChI is InChI=1S/C14H11ClFNO3/c1-9-6-11(16)3-2-10(9)8-20-12-4-5-14(17(18)19)13(15)7-12/h2-7H,8H2,1H3. The number of nitrogens with zero attached hydrogens (tertiary/aromatic N) is 1. The van der Waals surface area contributed by atoms with E-state index < -0.39 is 4.92 Å². The van der Waals surface area contributed by atoms with Crippen LogP contribution in [0.2, 0.25) is 5.02 Å². The van der Waals surface area contributed by atoms with Crippen LogP contribution in [0, 0.1) is 22.9 Å². The topological polar surface area (TPSA) is 52.4 Å². The highest BCUT2D eigenvalue weighted by Crippen LogP contribution is 2.28. The molecule has 0 amide bonds. The van der Waals surface area contributed by atoms with Crippen LogP contribution in [0.5, 0.6) is 5.75 Å². The molecule has 0 heterocycles. The highest BCUT2D eigenvalue weighted by molar-refractivity contribution is 6.32. The molecule has 0 aliphatic heterocycles. The molecule has 20 heavy (non-hydrogen) atoms. The molecule has 0 aromatic heterocycles. The van der Waals surface area contributed by atoms with Crippen molar-refractivity contribution in [3.8, 4) is 5.75 Å². The molecule has 0 spiro atoms. The van der Waals surface area contributed by atoms with E-state index in [-0.39, 0.29) is 23.1 Å². The van der Waals surface area contributed by atoms with Crippen LogP contribution in [0.1, 0.15) is 11.1 Å². The maximum absolute atomic E-state index is 13.0. The molecular weight excluding hydrogens is 285 g/mol. The van der Waals surface area contributed by atoms with Crippen molar-refractivity contribution in [1.29, 1.82) is 0 Å². The first kappa shape index (κ1) is 14.3. The van der Waals surface area contributed by atoms with Crippen LogP contribution >= 0.6 is 11.6 Å². The zero-order valence-electron chi connectivity index (χ0n) is 10.6. The SMILES string of the molecule is Cc1cc(F)ccc1COc1ccc([N+](=O)[O-])c(Cl)c1. The van der Waals surface area contributed by atoms with Crippen LogP contribution in [0.4, 0.5) is 10.1 Å². The fourth-order valence-electron chi connectivity index (χ4n) is 1.71. The zero-order chi connectivity index (χ0) is 14.7. The largest absolute Gasteiger partial charge is 0.489 e. The summed E-state index contributed by atoms with van der Waals surface area (Å²) >= 11 is 5.79. The van der Waals surface area contributed by atoms with Crippen LogP contribution in [-0.4, -0.2) is 4.92 Å². The number of aryl methyl sites for hydroxylation is 1. The zero-order valence-corrected chi connectivity index (χ0v) is 11.4. The molecule has 0 saturated carbocycles. The molecule has 0 fully saturated rings. The molecule has 6 heteroatoms. The minimum absolute atomic E-state index is 0.0170. The Labute approximate surface area is 119 Å². The van der Waals surface area contributed by atoms with Crippen LogP contribution in [0.15, 0.2) is 36.4 Å². The maximum Gasteiger partial charge on any atom is 0.288 e. The lowest BCUT2D eigenvalue weighted by Gasteiger charge is -2.09. The van der Waals surface area contributed by atoms with Crippen LogP contribution in [-0.2, 0) is 6.61 Å². The summed E-state index contributed by atoms with van der Waals surface area (Å²) in [7, 11) is 0. The van der Waals surface area contributed by atoms with Crippen LogP contribution in [0.25, 0.3) is 0 Å². The number of hydrogen-bond donors (Lipinski definition) is 0. The van der Waals surface area contributed by atoms with Gasteiger partial charge in [0.05, 0.1) is 4.92 Å². The lowest BCUT2D eigenvalue weighted by atomic mass is 10.1. The average molecular weight is 296 g/mol. The summed E-state index contributed by atoms with van der Waals surface area (Å²) in [5.41, 5.74) is 1.44. The second-order valence-corrected chi connectivity index (χ2v) is 4.64. The Hall–Kier alpha value is -2.14. The molecule has 4 nitrogen and oxygen atoms in total. The van der Waals surface area contributed by atoms with Gasteiger partial charge in [-0.25, -0.2) is 4.39 Å². The van der Waals surface area contributed by atoms with Gasteiger partial charge in [0.1, 0.15) is 23.2 Å². The summed E-state index contributed by atoms with van der Waals surface area (Å²) in [4.78, 5) is 10.1. The molecule has 0 bridgehead atoms. The Balaban J connectivity index is 2.11. The minimum atomic E-state index is -0.559. The van der Waals surface area contributed by atoms with Crippen molar-refractivity contribution in [2.24, 2.45) is 0 Å². The Morgan fingerprint density at radius 1 is 1.30 bits per heavy atom. The van der Waals surface area contributed by atoms with E-state index in [2.05, 4.69) is 0 Å². The van der Waals surface area contributed by atoms with E-state index in [9.17, 15) is 14.5 Å². The summed E-state index contributed by atoms with van der Waals surface area (Å²) in [6.45, 7) is 2.02. The summed E-state index contributed by atoms with van der Waals surface area (Å²) in [6.07, 6.45) is 0. The summed E-state index contributed by atoms with van der Waals surface area (Å²) in [5.74, 6) is 0.119. The third-order valence-corrected chi connectivity index (χ3v) is 3.12. The van der Waals surface area contributed by atoms with Crippen LogP contribution < -0.4 is 4.74 Å². The second-order valence-electron chi connectivity index (χ2n) is 4.23. The molecule has 2 aromatic carbocycles. The van der Waals surface area contributed by atoms with Crippen LogP contribution in [0.3, 0.4) is 0 Å². The first-order valence-electron chi connectivity index (χ1n) is 5.79. The van der Waals surface area contributed by atoms with E-state index in [1.165, 1.54) is 30.3 Å². The fourth-order valence-corrected chi connectivity index (χ4v) is 1.95. The van der Waals surface area contributed by atoms with Crippen molar-refractivity contribution in [3.63, 3.8) is 0 Å². The Bertz CT molecular complexity index is 661. The van der Waals surface area contributed by atoms with Crippen molar-refractivity contribution < 1.29 is 14.1 Å². The predicted octanol–water partition coefficient (Wildman–Crippen LogP) is 4.27. The van der Waals surface area contributed by atoms with Gasteiger partial charge in [-0.1, -0.05) is 17.7 Å². The van der Waals surface area contributed by atoms with Gasteiger partial charge in [0.25, 0.3) is 5.69 Å². The molecule has 0 unspecified atom stereocenters. The van der Waals surface area contributed by atoms with E-state index in [1.54, 1.807) is 13.0 Å². The first-order chi connectivity index (χ1) is 9.47. The number of halogens is 2. The van der Waals surface area contributed by atoms with Gasteiger partial charge in [0.2, 0.25) is 0 Å². The predicted molar refractivity (Wildman–Crippen MR) is 73.6 cm³/mol. The monoisotopic (exact) mass is 295 g/mol. The smallest absolute Gasteiger partial charge is 0.288 e. The normalized spacial score (nSPS) is 10.3. The van der Waals surface area contributed by atoms with Gasteiger partial charge < -0.3 is 4.74 Å². The van der Waals surface area contributed by atoms with Gasteiger partial charge in [-0.2, -0.15) is 0 Å². The Kier molecular flexibility index (Phi) is 4.20. The number of rotatable bonds is 4. The molecule has 0 radical (unpaired) electrons. The van der Waals surface area contributed by atoms with Crippen molar-refractivity contribution >= 4 is 17.3 Å². The third-order valence-electron chi connectivity index (χ3n) is 2.81. The lowest BCUT2D eigenvalue weighted by molar-refractivity contribution is -0.384. The lowest BCUT2D eigenvalue weighted by Crippen LogP contribution is -1.99. The average Bonchev–Trinajstić information content (AvgIpc) is 2.37. The molecule has 0 atom stereocenters. The molecule has 104 valence electrons.